The molecule has 7 heteroatoms. The van der Waals surface area contributed by atoms with Gasteiger partial charge in [0, 0.05) is 11.1 Å². The number of hydrogen-bond acceptors (Lipinski definition) is 6. The number of nitrogens with one attached hydrogen (secondary N) is 1. The van der Waals surface area contributed by atoms with Gasteiger partial charge < -0.3 is 14.5 Å². The molecule has 1 atom stereocenters. The van der Waals surface area contributed by atoms with Gasteiger partial charge in [-0.25, -0.2) is 0 Å². The molecular formula is C22H27N3O3S. The number of thioether (sulfide) groups is 1. The van der Waals surface area contributed by atoms with Gasteiger partial charge in [-0.15, -0.1) is 10.2 Å². The molecule has 1 aromatic heterocycles. The molecule has 6 nitrogen and oxygen atoms in total. The normalized spacial score (nSPS) is 30.9. The topological polar surface area (TPSA) is 77.2 Å². The molecule has 0 saturated heterocycles. The quantitative estimate of drug-likeness (QED) is 0.694. The van der Waals surface area contributed by atoms with E-state index in [1.165, 1.54) is 50.3 Å². The summed E-state index contributed by atoms with van der Waals surface area (Å²) >= 11 is 1.33. The van der Waals surface area contributed by atoms with Crippen molar-refractivity contribution in [2.75, 3.05) is 12.4 Å². The maximum absolute atomic E-state index is 12.5. The second-order valence-electron chi connectivity index (χ2n) is 9.05. The van der Waals surface area contributed by atoms with Crippen molar-refractivity contribution in [2.24, 2.45) is 17.8 Å². The van der Waals surface area contributed by atoms with Crippen molar-refractivity contribution >= 4 is 23.4 Å². The van der Waals surface area contributed by atoms with Crippen LogP contribution in [0.4, 0.5) is 5.69 Å². The van der Waals surface area contributed by atoms with E-state index in [1.54, 1.807) is 7.11 Å². The van der Waals surface area contributed by atoms with E-state index in [2.05, 4.69) is 15.5 Å². The summed E-state index contributed by atoms with van der Waals surface area (Å²) in [6.07, 6.45) is 7.74. The van der Waals surface area contributed by atoms with E-state index in [1.807, 2.05) is 31.2 Å². The first-order valence-corrected chi connectivity index (χ1v) is 11.4. The van der Waals surface area contributed by atoms with Crippen molar-refractivity contribution in [3.05, 3.63) is 30.2 Å². The largest absolute Gasteiger partial charge is 0.497 e. The number of benzene rings is 1. The number of rotatable bonds is 6. The molecule has 6 rings (SSSR count). The molecule has 1 heterocycles. The van der Waals surface area contributed by atoms with Gasteiger partial charge in [0.15, 0.2) is 0 Å². The van der Waals surface area contributed by atoms with Gasteiger partial charge in [-0.2, -0.15) is 0 Å². The Morgan fingerprint density at radius 3 is 2.34 bits per heavy atom. The Morgan fingerprint density at radius 1 is 1.14 bits per heavy atom. The molecule has 0 spiro atoms. The zero-order valence-corrected chi connectivity index (χ0v) is 17.7. The number of carbonyl (C=O) groups excluding carboxylic acids is 1. The lowest BCUT2D eigenvalue weighted by molar-refractivity contribution is -0.115. The first-order valence-electron chi connectivity index (χ1n) is 10.5. The fourth-order valence-electron chi connectivity index (χ4n) is 5.97. The SMILES string of the molecule is COc1ccc(NC(=O)[C@H](C)Sc2nnc(C34CC5CC(CC(C5)C3)C4)o2)cc1. The summed E-state index contributed by atoms with van der Waals surface area (Å²) in [4.78, 5) is 12.5. The standard InChI is InChI=1S/C22H27N3O3S/c1-13(19(26)23-17-3-5-18(27-2)6-4-17)29-21-25-24-20(28-21)22-10-14-7-15(11-22)9-16(8-14)12-22/h3-6,13-16H,7-12H2,1-2H3,(H,23,26)/t13-,14?,15?,16?,22?/m0/s1. The third kappa shape index (κ3) is 3.65. The molecule has 0 unspecified atom stereocenters. The van der Waals surface area contributed by atoms with Gasteiger partial charge in [-0.3, -0.25) is 4.79 Å². The summed E-state index contributed by atoms with van der Waals surface area (Å²) in [6, 6.07) is 7.30. The number of methoxy groups -OCH3 is 1. The van der Waals surface area contributed by atoms with Gasteiger partial charge in [0.05, 0.1) is 12.4 Å². The molecule has 4 aliphatic carbocycles. The van der Waals surface area contributed by atoms with E-state index in [9.17, 15) is 4.79 Å². The smallest absolute Gasteiger partial charge is 0.277 e. The number of nitrogens with zero attached hydrogens (tertiary/aromatic N) is 2. The van der Waals surface area contributed by atoms with Crippen LogP contribution in [0.1, 0.15) is 51.3 Å². The van der Waals surface area contributed by atoms with Gasteiger partial charge in [-0.1, -0.05) is 11.8 Å². The summed E-state index contributed by atoms with van der Waals surface area (Å²) in [6.45, 7) is 1.86. The molecule has 29 heavy (non-hydrogen) atoms. The summed E-state index contributed by atoms with van der Waals surface area (Å²) in [5.74, 6) is 3.97. The molecule has 0 aliphatic heterocycles. The molecule has 0 radical (unpaired) electrons. The number of aromatic nitrogens is 2. The minimum atomic E-state index is -0.332. The van der Waals surface area contributed by atoms with Crippen LogP contribution in [-0.2, 0) is 10.2 Å². The first-order chi connectivity index (χ1) is 14.0. The van der Waals surface area contributed by atoms with Crippen LogP contribution in [0.5, 0.6) is 5.75 Å². The fraction of sp³-hybridized carbons (Fsp3) is 0.591. The van der Waals surface area contributed by atoms with Crippen molar-refractivity contribution in [1.82, 2.24) is 10.2 Å². The Labute approximate surface area is 175 Å². The lowest BCUT2D eigenvalue weighted by atomic mass is 9.49. The van der Waals surface area contributed by atoms with Gasteiger partial charge in [0.2, 0.25) is 11.8 Å². The maximum atomic E-state index is 12.5. The zero-order chi connectivity index (χ0) is 20.0. The second-order valence-corrected chi connectivity index (χ2v) is 10.3. The van der Waals surface area contributed by atoms with Crippen molar-refractivity contribution in [2.45, 2.75) is 61.3 Å². The third-order valence-electron chi connectivity index (χ3n) is 6.90. The van der Waals surface area contributed by atoms with Gasteiger partial charge in [-0.05, 0) is 87.5 Å². The molecule has 4 fully saturated rings. The minimum absolute atomic E-state index is 0.0882. The van der Waals surface area contributed by atoms with Crippen LogP contribution in [0.15, 0.2) is 33.9 Å². The highest BCUT2D eigenvalue weighted by atomic mass is 32.2. The van der Waals surface area contributed by atoms with E-state index in [0.29, 0.717) is 5.22 Å². The van der Waals surface area contributed by atoms with Crippen molar-refractivity contribution < 1.29 is 13.9 Å². The van der Waals surface area contributed by atoms with E-state index in [-0.39, 0.29) is 16.6 Å². The Hall–Kier alpha value is -2.02. The number of carbonyl (C=O) groups is 1. The Morgan fingerprint density at radius 2 is 1.76 bits per heavy atom. The van der Waals surface area contributed by atoms with E-state index in [4.69, 9.17) is 9.15 Å². The monoisotopic (exact) mass is 413 g/mol. The van der Waals surface area contributed by atoms with E-state index < -0.39 is 0 Å². The van der Waals surface area contributed by atoms with Crippen LogP contribution < -0.4 is 10.1 Å². The first kappa shape index (κ1) is 19.0. The summed E-state index contributed by atoms with van der Waals surface area (Å²) in [5.41, 5.74) is 0.831. The molecule has 2 aromatic rings. The highest BCUT2D eigenvalue weighted by Crippen LogP contribution is 2.60. The molecule has 154 valence electrons. The van der Waals surface area contributed by atoms with Gasteiger partial charge >= 0.3 is 0 Å². The molecule has 4 saturated carbocycles. The lowest BCUT2D eigenvalue weighted by Gasteiger charge is -2.55. The predicted molar refractivity (Wildman–Crippen MR) is 111 cm³/mol. The number of hydrogen-bond donors (Lipinski definition) is 1. The second kappa shape index (κ2) is 7.35. The van der Waals surface area contributed by atoms with Gasteiger partial charge in [0.25, 0.3) is 5.22 Å². The number of anilines is 1. The zero-order valence-electron chi connectivity index (χ0n) is 16.9. The summed E-state index contributed by atoms with van der Waals surface area (Å²) in [7, 11) is 1.62. The van der Waals surface area contributed by atoms with Crippen molar-refractivity contribution in [1.29, 1.82) is 0 Å². The number of ether oxygens (including phenoxy) is 1. The summed E-state index contributed by atoms with van der Waals surface area (Å²) in [5, 5.41) is 11.8. The highest BCUT2D eigenvalue weighted by Gasteiger charge is 2.54. The molecule has 1 N–H and O–H groups in total. The summed E-state index contributed by atoms with van der Waals surface area (Å²) < 4.78 is 11.3. The predicted octanol–water partition coefficient (Wildman–Crippen LogP) is 4.67. The van der Waals surface area contributed by atoms with Crippen molar-refractivity contribution in [3.8, 4) is 5.75 Å². The molecular weight excluding hydrogens is 386 g/mol. The molecule has 4 bridgehead atoms. The maximum Gasteiger partial charge on any atom is 0.277 e. The van der Waals surface area contributed by atoms with Crippen LogP contribution in [0.2, 0.25) is 0 Å². The minimum Gasteiger partial charge on any atom is -0.497 e. The molecule has 1 aromatic carbocycles. The van der Waals surface area contributed by atoms with E-state index in [0.717, 1.165) is 35.1 Å². The van der Waals surface area contributed by atoms with Crippen LogP contribution in [-0.4, -0.2) is 28.5 Å². The third-order valence-corrected chi connectivity index (χ3v) is 7.84. The van der Waals surface area contributed by atoms with Crippen LogP contribution in [0, 0.1) is 17.8 Å². The average molecular weight is 414 g/mol. The lowest BCUT2D eigenvalue weighted by Crippen LogP contribution is -2.48. The Bertz CT molecular complexity index is 860. The molecule has 4 aliphatic rings. The van der Waals surface area contributed by atoms with E-state index >= 15 is 0 Å². The Balaban J connectivity index is 1.23. The fourth-order valence-corrected chi connectivity index (χ4v) is 6.65. The van der Waals surface area contributed by atoms with Gasteiger partial charge in [0.1, 0.15) is 5.75 Å². The van der Waals surface area contributed by atoms with Crippen molar-refractivity contribution in [3.63, 3.8) is 0 Å². The highest BCUT2D eigenvalue weighted by molar-refractivity contribution is 8.00. The van der Waals surface area contributed by atoms with Crippen LogP contribution in [0.25, 0.3) is 0 Å². The average Bonchev–Trinajstić information content (AvgIpc) is 3.17. The molecule has 1 amide bonds. The Kier molecular flexibility index (Phi) is 4.81. The number of amides is 1. The van der Waals surface area contributed by atoms with Crippen LogP contribution >= 0.6 is 11.8 Å². The van der Waals surface area contributed by atoms with Crippen LogP contribution in [0.3, 0.4) is 0 Å².